The van der Waals surface area contributed by atoms with E-state index in [1.165, 1.54) is 6.07 Å². The predicted octanol–water partition coefficient (Wildman–Crippen LogP) is 3.70. The standard InChI is InChI=1S/C14H19ClFNO/c1-3-14(4-2)9-17-8-13(18-14)10-5-6-12(16)11(15)7-10/h5-7,13,17H,3-4,8-9H2,1-2H3. The van der Waals surface area contributed by atoms with Gasteiger partial charge in [0, 0.05) is 13.1 Å². The average Bonchev–Trinajstić information content (AvgIpc) is 2.42. The van der Waals surface area contributed by atoms with Gasteiger partial charge < -0.3 is 10.1 Å². The van der Waals surface area contributed by atoms with E-state index in [-0.39, 0.29) is 22.5 Å². The van der Waals surface area contributed by atoms with Crippen molar-refractivity contribution in [2.75, 3.05) is 13.1 Å². The predicted molar refractivity (Wildman–Crippen MR) is 71.4 cm³/mol. The number of benzene rings is 1. The Morgan fingerprint density at radius 2 is 2.17 bits per heavy atom. The Balaban J connectivity index is 2.20. The van der Waals surface area contributed by atoms with Crippen LogP contribution in [0.1, 0.15) is 38.4 Å². The molecule has 0 bridgehead atoms. The summed E-state index contributed by atoms with van der Waals surface area (Å²) in [5.41, 5.74) is 0.809. The Bertz CT molecular complexity index is 420. The zero-order chi connectivity index (χ0) is 13.2. The first-order valence-electron chi connectivity index (χ1n) is 6.43. The molecular weight excluding hydrogens is 253 g/mol. The molecule has 1 aliphatic heterocycles. The van der Waals surface area contributed by atoms with Gasteiger partial charge in [0.15, 0.2) is 0 Å². The lowest BCUT2D eigenvalue weighted by molar-refractivity contribution is -0.122. The minimum atomic E-state index is -0.388. The van der Waals surface area contributed by atoms with Crippen LogP contribution < -0.4 is 5.32 Å². The summed E-state index contributed by atoms with van der Waals surface area (Å²) >= 11 is 5.82. The molecule has 1 aliphatic rings. The van der Waals surface area contributed by atoms with Crippen molar-refractivity contribution in [1.29, 1.82) is 0 Å². The van der Waals surface area contributed by atoms with Crippen molar-refractivity contribution in [2.24, 2.45) is 0 Å². The maximum Gasteiger partial charge on any atom is 0.141 e. The molecular formula is C14H19ClFNO. The first-order chi connectivity index (χ1) is 8.60. The number of halogens is 2. The van der Waals surface area contributed by atoms with Crippen LogP contribution in [0.15, 0.2) is 18.2 Å². The topological polar surface area (TPSA) is 21.3 Å². The van der Waals surface area contributed by atoms with Gasteiger partial charge in [0.1, 0.15) is 5.82 Å². The van der Waals surface area contributed by atoms with Gasteiger partial charge in [-0.3, -0.25) is 0 Å². The van der Waals surface area contributed by atoms with Crippen LogP contribution in [0.5, 0.6) is 0 Å². The van der Waals surface area contributed by atoms with Gasteiger partial charge in [0.2, 0.25) is 0 Å². The van der Waals surface area contributed by atoms with Gasteiger partial charge in [-0.15, -0.1) is 0 Å². The zero-order valence-corrected chi connectivity index (χ0v) is 11.6. The zero-order valence-electron chi connectivity index (χ0n) is 10.8. The minimum absolute atomic E-state index is 0.0586. The smallest absolute Gasteiger partial charge is 0.141 e. The molecule has 1 fully saturated rings. The van der Waals surface area contributed by atoms with E-state index in [0.717, 1.165) is 31.5 Å². The van der Waals surface area contributed by atoms with E-state index in [1.807, 2.05) is 0 Å². The summed E-state index contributed by atoms with van der Waals surface area (Å²) in [5, 5.41) is 3.55. The highest BCUT2D eigenvalue weighted by Gasteiger charge is 2.34. The Morgan fingerprint density at radius 3 is 2.78 bits per heavy atom. The second kappa shape index (κ2) is 5.55. The van der Waals surface area contributed by atoms with Gasteiger partial charge >= 0.3 is 0 Å². The SMILES string of the molecule is CCC1(CC)CNCC(c2ccc(F)c(Cl)c2)O1. The second-order valence-electron chi connectivity index (χ2n) is 4.80. The molecule has 0 amide bonds. The van der Waals surface area contributed by atoms with Crippen molar-refractivity contribution in [2.45, 2.75) is 38.4 Å². The molecule has 18 heavy (non-hydrogen) atoms. The van der Waals surface area contributed by atoms with Gasteiger partial charge in [0.25, 0.3) is 0 Å². The molecule has 0 saturated carbocycles. The molecule has 1 atom stereocenters. The van der Waals surface area contributed by atoms with Gasteiger partial charge in [-0.2, -0.15) is 0 Å². The molecule has 0 aliphatic carbocycles. The monoisotopic (exact) mass is 271 g/mol. The van der Waals surface area contributed by atoms with Crippen LogP contribution in [0.4, 0.5) is 4.39 Å². The fourth-order valence-electron chi connectivity index (χ4n) is 2.38. The number of ether oxygens (including phenoxy) is 1. The van der Waals surface area contributed by atoms with Crippen molar-refractivity contribution >= 4 is 11.6 Å². The highest BCUT2D eigenvalue weighted by molar-refractivity contribution is 6.30. The lowest BCUT2D eigenvalue weighted by Gasteiger charge is -2.41. The van der Waals surface area contributed by atoms with Crippen molar-refractivity contribution in [3.63, 3.8) is 0 Å². The summed E-state index contributed by atoms with van der Waals surface area (Å²) < 4.78 is 19.4. The molecule has 4 heteroatoms. The van der Waals surface area contributed by atoms with Crippen LogP contribution in [0, 0.1) is 5.82 Å². The van der Waals surface area contributed by atoms with Crippen molar-refractivity contribution in [1.82, 2.24) is 5.32 Å². The highest BCUT2D eigenvalue weighted by Crippen LogP contribution is 2.33. The molecule has 0 aromatic heterocycles. The summed E-state index contributed by atoms with van der Waals surface area (Å²) in [6.45, 7) is 5.87. The fraction of sp³-hybridized carbons (Fsp3) is 0.571. The van der Waals surface area contributed by atoms with Gasteiger partial charge in [-0.1, -0.05) is 31.5 Å². The summed E-state index contributed by atoms with van der Waals surface area (Å²) in [7, 11) is 0. The number of nitrogens with one attached hydrogen (secondary N) is 1. The van der Waals surface area contributed by atoms with Crippen LogP contribution in [-0.4, -0.2) is 18.7 Å². The normalized spacial score (nSPS) is 23.0. The molecule has 0 radical (unpaired) electrons. The average molecular weight is 272 g/mol. The van der Waals surface area contributed by atoms with E-state index in [2.05, 4.69) is 19.2 Å². The van der Waals surface area contributed by atoms with Crippen molar-refractivity contribution in [3.8, 4) is 0 Å². The number of morpholine rings is 1. The Morgan fingerprint density at radius 1 is 1.44 bits per heavy atom. The highest BCUT2D eigenvalue weighted by atomic mass is 35.5. The first-order valence-corrected chi connectivity index (χ1v) is 6.81. The number of rotatable bonds is 3. The van der Waals surface area contributed by atoms with Crippen LogP contribution in [0.2, 0.25) is 5.02 Å². The molecule has 1 saturated heterocycles. The number of hydrogen-bond acceptors (Lipinski definition) is 2. The van der Waals surface area contributed by atoms with Gasteiger partial charge in [-0.05, 0) is 30.5 Å². The van der Waals surface area contributed by atoms with E-state index in [9.17, 15) is 4.39 Å². The minimum Gasteiger partial charge on any atom is -0.364 e. The van der Waals surface area contributed by atoms with Crippen molar-refractivity contribution in [3.05, 3.63) is 34.6 Å². The van der Waals surface area contributed by atoms with E-state index < -0.39 is 0 Å². The van der Waals surface area contributed by atoms with E-state index in [1.54, 1.807) is 12.1 Å². The molecule has 1 heterocycles. The van der Waals surface area contributed by atoms with Crippen LogP contribution in [-0.2, 0) is 4.74 Å². The van der Waals surface area contributed by atoms with Crippen molar-refractivity contribution < 1.29 is 9.13 Å². The molecule has 1 aromatic rings. The van der Waals surface area contributed by atoms with Crippen LogP contribution >= 0.6 is 11.6 Å². The third-order valence-electron chi connectivity index (χ3n) is 3.77. The Kier molecular flexibility index (Phi) is 4.25. The Labute approximate surface area is 112 Å². The third-order valence-corrected chi connectivity index (χ3v) is 4.06. The number of hydrogen-bond donors (Lipinski definition) is 1. The van der Waals surface area contributed by atoms with Crippen LogP contribution in [0.3, 0.4) is 0 Å². The summed E-state index contributed by atoms with van der Waals surface area (Å²) in [6.07, 6.45) is 1.86. The lowest BCUT2D eigenvalue weighted by atomic mass is 9.93. The van der Waals surface area contributed by atoms with E-state index in [4.69, 9.17) is 16.3 Å². The van der Waals surface area contributed by atoms with Gasteiger partial charge in [-0.25, -0.2) is 4.39 Å². The summed E-state index contributed by atoms with van der Waals surface area (Å²) in [6, 6.07) is 4.80. The summed E-state index contributed by atoms with van der Waals surface area (Å²) in [5.74, 6) is -0.388. The molecule has 2 nitrogen and oxygen atoms in total. The maximum absolute atomic E-state index is 13.2. The fourth-order valence-corrected chi connectivity index (χ4v) is 2.57. The van der Waals surface area contributed by atoms with Crippen LogP contribution in [0.25, 0.3) is 0 Å². The maximum atomic E-state index is 13.2. The first kappa shape index (κ1) is 13.8. The molecule has 0 spiro atoms. The molecule has 1 N–H and O–H groups in total. The summed E-state index contributed by atoms with van der Waals surface area (Å²) in [4.78, 5) is 0. The van der Waals surface area contributed by atoms with Gasteiger partial charge in [0.05, 0.1) is 16.7 Å². The molecule has 100 valence electrons. The van der Waals surface area contributed by atoms with E-state index in [0.29, 0.717) is 0 Å². The molecule has 1 aromatic carbocycles. The Hall–Kier alpha value is -0.640. The molecule has 2 rings (SSSR count). The third kappa shape index (κ3) is 2.68. The second-order valence-corrected chi connectivity index (χ2v) is 5.21. The lowest BCUT2D eigenvalue weighted by Crippen LogP contribution is -2.50. The quantitative estimate of drug-likeness (QED) is 0.905. The largest absolute Gasteiger partial charge is 0.364 e. The molecule has 1 unspecified atom stereocenters. The van der Waals surface area contributed by atoms with E-state index >= 15 is 0 Å².